The second-order valence-electron chi connectivity index (χ2n) is 9.92. The molecule has 162 valence electrons. The Kier molecular flexibility index (Phi) is 5.23. The van der Waals surface area contributed by atoms with Crippen LogP contribution in [-0.2, 0) is 11.0 Å². The van der Waals surface area contributed by atoms with Gasteiger partial charge >= 0.3 is 6.18 Å². The van der Waals surface area contributed by atoms with Crippen molar-refractivity contribution >= 4 is 5.91 Å². The second-order valence-corrected chi connectivity index (χ2v) is 9.92. The number of carbonyl (C=O) groups is 1. The minimum absolute atomic E-state index is 0.105. The number of aryl methyl sites for hydroxylation is 1. The van der Waals surface area contributed by atoms with Gasteiger partial charge in [-0.25, -0.2) is 0 Å². The number of hydrogen-bond acceptors (Lipinski definition) is 2. The quantitative estimate of drug-likeness (QED) is 0.693. The minimum Gasteiger partial charge on any atom is -0.351 e. The summed E-state index contributed by atoms with van der Waals surface area (Å²) in [7, 11) is 0. The van der Waals surface area contributed by atoms with Gasteiger partial charge in [0, 0.05) is 11.7 Å². The third-order valence-corrected chi connectivity index (χ3v) is 7.68. The smallest absolute Gasteiger partial charge is 0.351 e. The summed E-state index contributed by atoms with van der Waals surface area (Å²) in [6.07, 6.45) is 5.01. The Labute approximate surface area is 170 Å². The number of nitrogens with one attached hydrogen (secondary N) is 1. The summed E-state index contributed by atoms with van der Waals surface area (Å²) in [6.45, 7) is 5.34. The van der Waals surface area contributed by atoms with Crippen molar-refractivity contribution in [3.63, 3.8) is 0 Å². The van der Waals surface area contributed by atoms with Gasteiger partial charge in [-0.3, -0.25) is 9.48 Å². The summed E-state index contributed by atoms with van der Waals surface area (Å²) in [5.74, 6) is 2.15. The summed E-state index contributed by atoms with van der Waals surface area (Å²) in [5, 5.41) is 6.95. The largest absolute Gasteiger partial charge is 0.435 e. The highest BCUT2D eigenvalue weighted by Crippen LogP contribution is 2.61. The van der Waals surface area contributed by atoms with Gasteiger partial charge in [0.25, 0.3) is 0 Å². The van der Waals surface area contributed by atoms with E-state index >= 15 is 0 Å². The van der Waals surface area contributed by atoms with Crippen molar-refractivity contribution in [1.82, 2.24) is 15.1 Å². The van der Waals surface area contributed by atoms with Crippen LogP contribution in [0.2, 0.25) is 0 Å². The molecule has 7 heteroatoms. The van der Waals surface area contributed by atoms with Crippen LogP contribution in [0.15, 0.2) is 6.07 Å². The summed E-state index contributed by atoms with van der Waals surface area (Å²) >= 11 is 0. The second kappa shape index (κ2) is 7.31. The molecular weight excluding hydrogens is 379 g/mol. The van der Waals surface area contributed by atoms with E-state index in [2.05, 4.69) is 17.3 Å². The topological polar surface area (TPSA) is 46.9 Å². The molecule has 4 bridgehead atoms. The van der Waals surface area contributed by atoms with Crippen molar-refractivity contribution in [3.8, 4) is 0 Å². The summed E-state index contributed by atoms with van der Waals surface area (Å²) in [4.78, 5) is 13.1. The molecule has 1 heterocycles. The maximum Gasteiger partial charge on any atom is 0.435 e. The summed E-state index contributed by atoms with van der Waals surface area (Å²) < 4.78 is 40.2. The molecule has 1 amide bonds. The number of alkyl halides is 3. The molecule has 4 nitrogen and oxygen atoms in total. The third kappa shape index (κ3) is 3.81. The molecule has 4 aliphatic rings. The number of hydrogen-bond donors (Lipinski definition) is 1. The minimum atomic E-state index is -4.50. The number of carbonyl (C=O) groups excluding carboxylic acids is 1. The Morgan fingerprint density at radius 3 is 2.24 bits per heavy atom. The third-order valence-electron chi connectivity index (χ3n) is 7.68. The molecule has 1 aromatic rings. The van der Waals surface area contributed by atoms with Crippen LogP contribution in [0.4, 0.5) is 13.2 Å². The Morgan fingerprint density at radius 1 is 1.24 bits per heavy atom. The highest BCUT2D eigenvalue weighted by molar-refractivity contribution is 5.80. The van der Waals surface area contributed by atoms with Gasteiger partial charge in [-0.2, -0.15) is 18.3 Å². The van der Waals surface area contributed by atoms with E-state index in [1.165, 1.54) is 43.2 Å². The molecule has 4 fully saturated rings. The summed E-state index contributed by atoms with van der Waals surface area (Å²) in [5.41, 5.74) is -0.418. The number of halogens is 3. The molecule has 0 spiro atoms. The van der Waals surface area contributed by atoms with E-state index in [-0.39, 0.29) is 17.4 Å². The van der Waals surface area contributed by atoms with Gasteiger partial charge in [-0.15, -0.1) is 0 Å². The average Bonchev–Trinajstić information content (AvgIpc) is 3.01. The molecule has 29 heavy (non-hydrogen) atoms. The predicted octanol–water partition coefficient (Wildman–Crippen LogP) is 5.27. The van der Waals surface area contributed by atoms with Crippen molar-refractivity contribution < 1.29 is 18.0 Å². The first-order valence-corrected chi connectivity index (χ1v) is 11.0. The zero-order chi connectivity index (χ0) is 21.0. The fraction of sp³-hybridized carbons (Fsp3) is 0.818. The van der Waals surface area contributed by atoms with Gasteiger partial charge in [0.05, 0.1) is 0 Å². The van der Waals surface area contributed by atoms with E-state index in [9.17, 15) is 18.0 Å². The standard InChI is InChI=1S/C22H32F3N3O/c1-4-5-18(21-10-15-7-16(11-21)9-17(8-15)12-21)26-20(29)14(3)28-13(2)6-19(27-28)22(23,24)25/h6,14-18H,4-5,7-12H2,1-3H3,(H,26,29)/t14-,15?,16?,17?,18+,21?/m0/s1. The van der Waals surface area contributed by atoms with Crippen molar-refractivity contribution in [1.29, 1.82) is 0 Å². The monoisotopic (exact) mass is 411 g/mol. The number of amides is 1. The molecule has 1 N–H and O–H groups in total. The fourth-order valence-corrected chi connectivity index (χ4v) is 6.85. The van der Waals surface area contributed by atoms with E-state index in [4.69, 9.17) is 0 Å². The van der Waals surface area contributed by atoms with Crippen LogP contribution in [-0.4, -0.2) is 21.7 Å². The predicted molar refractivity (Wildman–Crippen MR) is 104 cm³/mol. The Bertz CT molecular complexity index is 735. The van der Waals surface area contributed by atoms with Crippen molar-refractivity contribution in [2.24, 2.45) is 23.2 Å². The number of aromatic nitrogens is 2. The van der Waals surface area contributed by atoms with Crippen molar-refractivity contribution in [3.05, 3.63) is 17.5 Å². The normalized spacial score (nSPS) is 33.0. The first-order valence-electron chi connectivity index (χ1n) is 11.0. The zero-order valence-electron chi connectivity index (χ0n) is 17.6. The SMILES string of the molecule is CCC[C@@H](NC(=O)[C@H](C)n1nc(C(F)(F)F)cc1C)C12CC3CC(CC(C3)C1)C2. The van der Waals surface area contributed by atoms with Crippen LogP contribution in [0, 0.1) is 30.1 Å². The molecule has 0 radical (unpaired) electrons. The molecule has 4 aliphatic carbocycles. The van der Waals surface area contributed by atoms with E-state index in [0.717, 1.165) is 36.7 Å². The van der Waals surface area contributed by atoms with Gasteiger partial charge in [0.1, 0.15) is 6.04 Å². The van der Waals surface area contributed by atoms with E-state index in [1.807, 2.05) is 0 Å². The molecule has 4 saturated carbocycles. The van der Waals surface area contributed by atoms with Crippen LogP contribution in [0.1, 0.15) is 82.6 Å². The Balaban J connectivity index is 1.52. The lowest BCUT2D eigenvalue weighted by Gasteiger charge is -2.59. The number of rotatable bonds is 6. The van der Waals surface area contributed by atoms with Crippen LogP contribution in [0.5, 0.6) is 0 Å². The number of nitrogens with zero attached hydrogens (tertiary/aromatic N) is 2. The van der Waals surface area contributed by atoms with E-state index < -0.39 is 17.9 Å². The molecular formula is C22H32F3N3O. The molecule has 0 saturated heterocycles. The molecule has 0 aliphatic heterocycles. The maximum absolute atomic E-state index is 13.1. The highest BCUT2D eigenvalue weighted by atomic mass is 19.4. The fourth-order valence-electron chi connectivity index (χ4n) is 6.85. The van der Waals surface area contributed by atoms with Crippen LogP contribution >= 0.6 is 0 Å². The van der Waals surface area contributed by atoms with Crippen LogP contribution in [0.25, 0.3) is 0 Å². The molecule has 0 unspecified atom stereocenters. The Morgan fingerprint density at radius 2 is 1.79 bits per heavy atom. The Hall–Kier alpha value is -1.53. The molecule has 0 aromatic carbocycles. The van der Waals surface area contributed by atoms with Gasteiger partial charge in [0.15, 0.2) is 5.69 Å². The summed E-state index contributed by atoms with van der Waals surface area (Å²) in [6, 6.07) is 0.347. The molecule has 5 rings (SSSR count). The lowest BCUT2D eigenvalue weighted by Crippen LogP contribution is -2.57. The lowest BCUT2D eigenvalue weighted by molar-refractivity contribution is -0.142. The van der Waals surface area contributed by atoms with Crippen molar-refractivity contribution in [2.75, 3.05) is 0 Å². The van der Waals surface area contributed by atoms with Crippen molar-refractivity contribution in [2.45, 2.75) is 90.4 Å². The zero-order valence-corrected chi connectivity index (χ0v) is 17.6. The van der Waals surface area contributed by atoms with E-state index in [0.29, 0.717) is 5.69 Å². The van der Waals surface area contributed by atoms with Gasteiger partial charge in [0.2, 0.25) is 5.91 Å². The first kappa shape index (κ1) is 20.7. The van der Waals surface area contributed by atoms with Gasteiger partial charge in [-0.1, -0.05) is 13.3 Å². The van der Waals surface area contributed by atoms with Gasteiger partial charge in [-0.05, 0) is 88.0 Å². The van der Waals surface area contributed by atoms with E-state index in [1.54, 1.807) is 13.8 Å². The first-order chi connectivity index (χ1) is 13.6. The van der Waals surface area contributed by atoms with Gasteiger partial charge < -0.3 is 5.32 Å². The highest BCUT2D eigenvalue weighted by Gasteiger charge is 2.54. The molecule has 2 atom stereocenters. The van der Waals surface area contributed by atoms with Crippen LogP contribution < -0.4 is 5.32 Å². The average molecular weight is 412 g/mol. The molecule has 1 aromatic heterocycles. The maximum atomic E-state index is 13.1. The lowest BCUT2D eigenvalue weighted by atomic mass is 9.47. The van der Waals surface area contributed by atoms with Crippen LogP contribution in [0.3, 0.4) is 0 Å².